The topological polar surface area (TPSA) is 39.1 Å². The fourth-order valence-electron chi connectivity index (χ4n) is 1.75. The van der Waals surface area contributed by atoms with E-state index in [4.69, 9.17) is 4.74 Å². The van der Waals surface area contributed by atoms with E-state index in [-0.39, 0.29) is 0 Å². The molecule has 0 amide bonds. The molecule has 0 aliphatic heterocycles. The number of benzene rings is 1. The van der Waals surface area contributed by atoms with Gasteiger partial charge in [0.2, 0.25) is 0 Å². The van der Waals surface area contributed by atoms with Crippen LogP contribution in [0.1, 0.15) is 5.56 Å². The van der Waals surface area contributed by atoms with E-state index < -0.39 is 0 Å². The summed E-state index contributed by atoms with van der Waals surface area (Å²) in [6, 6.07) is 8.02. The molecule has 0 spiro atoms. The zero-order chi connectivity index (χ0) is 12.8. The lowest BCUT2D eigenvalue weighted by molar-refractivity contribution is 0.185. The number of anilines is 1. The largest absolute Gasteiger partial charge is 0.383 e. The molecular formula is C13H16BrN3O. The summed E-state index contributed by atoms with van der Waals surface area (Å²) in [4.78, 5) is 0. The molecule has 0 fully saturated rings. The van der Waals surface area contributed by atoms with Gasteiger partial charge in [-0.05, 0) is 18.2 Å². The molecule has 5 heteroatoms. The Labute approximate surface area is 115 Å². The molecule has 0 aliphatic rings. The van der Waals surface area contributed by atoms with Crippen LogP contribution in [-0.4, -0.2) is 23.4 Å². The number of nitrogens with one attached hydrogen (secondary N) is 1. The second kappa shape index (κ2) is 6.56. The summed E-state index contributed by atoms with van der Waals surface area (Å²) in [5, 5.41) is 7.57. The molecule has 0 unspecified atom stereocenters. The number of methoxy groups -OCH3 is 1. The SMILES string of the molecule is COCc1c(Br)cccc1NCCn1cccn1. The van der Waals surface area contributed by atoms with Gasteiger partial charge in [0, 0.05) is 41.8 Å². The van der Waals surface area contributed by atoms with Crippen LogP contribution in [0.5, 0.6) is 0 Å². The summed E-state index contributed by atoms with van der Waals surface area (Å²) in [5.41, 5.74) is 2.24. The zero-order valence-electron chi connectivity index (χ0n) is 10.3. The first-order valence-corrected chi connectivity index (χ1v) is 6.58. The highest BCUT2D eigenvalue weighted by atomic mass is 79.9. The highest BCUT2D eigenvalue weighted by molar-refractivity contribution is 9.10. The Morgan fingerprint density at radius 3 is 3.00 bits per heavy atom. The third-order valence-electron chi connectivity index (χ3n) is 2.62. The van der Waals surface area contributed by atoms with Crippen LogP contribution in [0.15, 0.2) is 41.1 Å². The van der Waals surface area contributed by atoms with Crippen molar-refractivity contribution < 1.29 is 4.74 Å². The van der Waals surface area contributed by atoms with E-state index in [1.165, 1.54) is 0 Å². The second-order valence-corrected chi connectivity index (χ2v) is 4.75. The summed E-state index contributed by atoms with van der Waals surface area (Å²) < 4.78 is 8.18. The van der Waals surface area contributed by atoms with Gasteiger partial charge < -0.3 is 10.1 Å². The predicted octanol–water partition coefficient (Wildman–Crippen LogP) is 2.90. The summed E-state index contributed by atoms with van der Waals surface area (Å²) in [5.74, 6) is 0. The predicted molar refractivity (Wildman–Crippen MR) is 75.6 cm³/mol. The van der Waals surface area contributed by atoms with Gasteiger partial charge in [-0.15, -0.1) is 0 Å². The third-order valence-corrected chi connectivity index (χ3v) is 3.37. The molecule has 1 aromatic carbocycles. The maximum absolute atomic E-state index is 5.21. The molecule has 0 aliphatic carbocycles. The Kier molecular flexibility index (Phi) is 4.78. The standard InChI is InChI=1S/C13H16BrN3O/c1-18-10-11-12(14)4-2-5-13(11)15-7-9-17-8-3-6-16-17/h2-6,8,15H,7,9-10H2,1H3. The number of ether oxygens (including phenoxy) is 1. The van der Waals surface area contributed by atoms with Crippen molar-refractivity contribution >= 4 is 21.6 Å². The summed E-state index contributed by atoms with van der Waals surface area (Å²) in [6.45, 7) is 2.26. The average Bonchev–Trinajstić information content (AvgIpc) is 2.86. The fourth-order valence-corrected chi connectivity index (χ4v) is 2.23. The monoisotopic (exact) mass is 309 g/mol. The van der Waals surface area contributed by atoms with Gasteiger partial charge in [-0.2, -0.15) is 5.10 Å². The molecule has 96 valence electrons. The van der Waals surface area contributed by atoms with Crippen molar-refractivity contribution in [3.8, 4) is 0 Å². The first-order chi connectivity index (χ1) is 8.81. The van der Waals surface area contributed by atoms with Gasteiger partial charge in [-0.25, -0.2) is 0 Å². The molecule has 4 nitrogen and oxygen atoms in total. The number of halogens is 1. The number of rotatable bonds is 6. The van der Waals surface area contributed by atoms with Crippen LogP contribution in [0, 0.1) is 0 Å². The van der Waals surface area contributed by atoms with Crippen LogP contribution in [0.4, 0.5) is 5.69 Å². The summed E-state index contributed by atoms with van der Waals surface area (Å²) in [7, 11) is 1.70. The molecule has 0 saturated carbocycles. The van der Waals surface area contributed by atoms with Crippen LogP contribution in [0.3, 0.4) is 0 Å². The van der Waals surface area contributed by atoms with Crippen molar-refractivity contribution in [2.45, 2.75) is 13.2 Å². The van der Waals surface area contributed by atoms with Crippen LogP contribution < -0.4 is 5.32 Å². The van der Waals surface area contributed by atoms with Gasteiger partial charge in [0.05, 0.1) is 13.2 Å². The normalized spacial score (nSPS) is 10.6. The van der Waals surface area contributed by atoms with E-state index in [1.807, 2.05) is 29.1 Å². The smallest absolute Gasteiger partial charge is 0.0744 e. The Hall–Kier alpha value is -1.33. The molecule has 2 aromatic rings. The molecule has 2 rings (SSSR count). The maximum Gasteiger partial charge on any atom is 0.0744 e. The molecule has 0 radical (unpaired) electrons. The fraction of sp³-hybridized carbons (Fsp3) is 0.308. The minimum absolute atomic E-state index is 0.589. The number of aromatic nitrogens is 2. The lowest BCUT2D eigenvalue weighted by atomic mass is 10.2. The highest BCUT2D eigenvalue weighted by Crippen LogP contribution is 2.25. The van der Waals surface area contributed by atoms with E-state index in [0.29, 0.717) is 6.61 Å². The Morgan fingerprint density at radius 2 is 2.28 bits per heavy atom. The maximum atomic E-state index is 5.21. The lowest BCUT2D eigenvalue weighted by Gasteiger charge is -2.13. The molecule has 0 atom stereocenters. The molecule has 0 bridgehead atoms. The van der Waals surface area contributed by atoms with E-state index in [9.17, 15) is 0 Å². The minimum Gasteiger partial charge on any atom is -0.383 e. The Bertz CT molecular complexity index is 485. The van der Waals surface area contributed by atoms with Crippen LogP contribution in [0.25, 0.3) is 0 Å². The van der Waals surface area contributed by atoms with Crippen molar-refractivity contribution in [1.29, 1.82) is 0 Å². The number of hydrogen-bond acceptors (Lipinski definition) is 3. The highest BCUT2D eigenvalue weighted by Gasteiger charge is 2.05. The zero-order valence-corrected chi connectivity index (χ0v) is 11.9. The molecule has 1 N–H and O–H groups in total. The van der Waals surface area contributed by atoms with Crippen molar-refractivity contribution in [2.24, 2.45) is 0 Å². The van der Waals surface area contributed by atoms with Gasteiger partial charge in [0.25, 0.3) is 0 Å². The molecule has 0 saturated heterocycles. The Balaban J connectivity index is 1.98. The van der Waals surface area contributed by atoms with E-state index in [0.717, 1.165) is 28.8 Å². The molecular weight excluding hydrogens is 294 g/mol. The second-order valence-electron chi connectivity index (χ2n) is 3.89. The van der Waals surface area contributed by atoms with Gasteiger partial charge in [-0.1, -0.05) is 22.0 Å². The Morgan fingerprint density at radius 1 is 1.39 bits per heavy atom. The first kappa shape index (κ1) is 13.1. The average molecular weight is 310 g/mol. The quantitative estimate of drug-likeness (QED) is 0.892. The van der Waals surface area contributed by atoms with Crippen molar-refractivity contribution in [3.05, 3.63) is 46.7 Å². The molecule has 1 aromatic heterocycles. The third kappa shape index (κ3) is 3.34. The van der Waals surface area contributed by atoms with Gasteiger partial charge in [0.15, 0.2) is 0 Å². The van der Waals surface area contributed by atoms with E-state index >= 15 is 0 Å². The van der Waals surface area contributed by atoms with Crippen molar-refractivity contribution in [1.82, 2.24) is 9.78 Å². The van der Waals surface area contributed by atoms with Gasteiger partial charge in [0.1, 0.15) is 0 Å². The first-order valence-electron chi connectivity index (χ1n) is 5.79. The summed E-state index contributed by atoms with van der Waals surface area (Å²) in [6.07, 6.45) is 3.74. The number of hydrogen-bond donors (Lipinski definition) is 1. The van der Waals surface area contributed by atoms with Gasteiger partial charge >= 0.3 is 0 Å². The van der Waals surface area contributed by atoms with Gasteiger partial charge in [-0.3, -0.25) is 4.68 Å². The van der Waals surface area contributed by atoms with Crippen molar-refractivity contribution in [2.75, 3.05) is 19.0 Å². The van der Waals surface area contributed by atoms with Crippen LogP contribution in [0.2, 0.25) is 0 Å². The molecule has 1 heterocycles. The molecule has 18 heavy (non-hydrogen) atoms. The van der Waals surface area contributed by atoms with E-state index in [1.54, 1.807) is 13.3 Å². The van der Waals surface area contributed by atoms with Crippen molar-refractivity contribution in [3.63, 3.8) is 0 Å². The van der Waals surface area contributed by atoms with Crippen LogP contribution >= 0.6 is 15.9 Å². The van der Waals surface area contributed by atoms with Crippen LogP contribution in [-0.2, 0) is 17.9 Å². The number of nitrogens with zero attached hydrogens (tertiary/aromatic N) is 2. The summed E-state index contributed by atoms with van der Waals surface area (Å²) >= 11 is 3.54. The minimum atomic E-state index is 0.589. The van der Waals surface area contributed by atoms with E-state index in [2.05, 4.69) is 32.4 Å². The lowest BCUT2D eigenvalue weighted by Crippen LogP contribution is -2.12.